The first-order valence-corrected chi connectivity index (χ1v) is 5.55. The van der Waals surface area contributed by atoms with Crippen molar-refractivity contribution in [1.82, 2.24) is 0 Å². The van der Waals surface area contributed by atoms with Crippen molar-refractivity contribution in [2.75, 3.05) is 7.05 Å². The second-order valence-corrected chi connectivity index (χ2v) is 5.71. The molecule has 1 N–H and O–H groups in total. The van der Waals surface area contributed by atoms with Crippen molar-refractivity contribution in [2.45, 2.75) is 39.7 Å². The van der Waals surface area contributed by atoms with Gasteiger partial charge in [0, 0.05) is 19.2 Å². The molecule has 0 heterocycles. The first kappa shape index (κ1) is 10.2. The average molecular weight is 195 g/mol. The van der Waals surface area contributed by atoms with E-state index in [0.29, 0.717) is 5.92 Å². The Morgan fingerprint density at radius 1 is 1.36 bits per heavy atom. The fourth-order valence-corrected chi connectivity index (χ4v) is 3.77. The smallest absolute Gasteiger partial charge is 0.0679 e. The second-order valence-electron chi connectivity index (χ2n) is 5.71. The average Bonchev–Trinajstić information content (AvgIpc) is 2.41. The van der Waals surface area contributed by atoms with E-state index in [0.717, 1.165) is 0 Å². The maximum Gasteiger partial charge on any atom is 0.0679 e. The molecule has 0 saturated heterocycles. The molecule has 2 fully saturated rings. The number of aliphatic hydroxyl groups excluding tert-OH is 1. The summed E-state index contributed by atoms with van der Waals surface area (Å²) in [6.45, 7) is 6.84. The maximum atomic E-state index is 10.3. The highest BCUT2D eigenvalue weighted by atomic mass is 16.3. The van der Waals surface area contributed by atoms with Crippen LogP contribution in [0.3, 0.4) is 0 Å². The number of nitrogens with zero attached hydrogens (tertiary/aromatic N) is 1. The van der Waals surface area contributed by atoms with Crippen LogP contribution in [0.1, 0.15) is 33.6 Å². The summed E-state index contributed by atoms with van der Waals surface area (Å²) in [5.41, 5.74) is 0.363. The summed E-state index contributed by atoms with van der Waals surface area (Å²) in [4.78, 5) is 4.10. The molecule has 0 unspecified atom stereocenters. The summed E-state index contributed by atoms with van der Waals surface area (Å²) in [5, 5.41) is 10.3. The lowest BCUT2D eigenvalue weighted by atomic mass is 9.70. The molecule has 0 aromatic heterocycles. The Hall–Kier alpha value is -0.370. The van der Waals surface area contributed by atoms with E-state index < -0.39 is 0 Å². The molecule has 0 amide bonds. The number of rotatable bonds is 1. The van der Waals surface area contributed by atoms with E-state index in [1.165, 1.54) is 12.8 Å². The summed E-state index contributed by atoms with van der Waals surface area (Å²) >= 11 is 0. The third kappa shape index (κ3) is 0.928. The van der Waals surface area contributed by atoms with Gasteiger partial charge in [-0.1, -0.05) is 20.8 Å². The molecule has 0 radical (unpaired) electrons. The highest BCUT2D eigenvalue weighted by molar-refractivity contribution is 5.64. The van der Waals surface area contributed by atoms with Crippen LogP contribution in [-0.2, 0) is 0 Å². The van der Waals surface area contributed by atoms with Gasteiger partial charge in [-0.15, -0.1) is 0 Å². The first-order valence-electron chi connectivity index (χ1n) is 5.55. The van der Waals surface area contributed by atoms with E-state index in [1.807, 2.05) is 6.21 Å². The van der Waals surface area contributed by atoms with Gasteiger partial charge in [0.15, 0.2) is 0 Å². The van der Waals surface area contributed by atoms with Gasteiger partial charge < -0.3 is 10.1 Å². The molecule has 2 heteroatoms. The molecule has 2 aliphatic rings. The number of aliphatic imine (C=N–C) groups is 1. The van der Waals surface area contributed by atoms with Crippen LogP contribution in [0.5, 0.6) is 0 Å². The molecule has 0 aliphatic heterocycles. The summed E-state index contributed by atoms with van der Waals surface area (Å²) in [5.74, 6) is 0.903. The van der Waals surface area contributed by atoms with Crippen LogP contribution in [0.4, 0.5) is 0 Å². The topological polar surface area (TPSA) is 32.6 Å². The summed E-state index contributed by atoms with van der Waals surface area (Å²) in [6.07, 6.45) is 4.18. The third-order valence-electron chi connectivity index (χ3n) is 5.18. The molecule has 0 aromatic rings. The third-order valence-corrected chi connectivity index (χ3v) is 5.18. The normalized spacial score (nSPS) is 50.5. The van der Waals surface area contributed by atoms with Crippen LogP contribution in [0.25, 0.3) is 0 Å². The van der Waals surface area contributed by atoms with E-state index in [-0.39, 0.29) is 22.9 Å². The summed E-state index contributed by atoms with van der Waals surface area (Å²) < 4.78 is 0. The molecule has 4 atom stereocenters. The largest absolute Gasteiger partial charge is 0.392 e. The lowest BCUT2D eigenvalue weighted by molar-refractivity contribution is 0.00327. The molecule has 2 nitrogen and oxygen atoms in total. The van der Waals surface area contributed by atoms with Gasteiger partial charge in [-0.2, -0.15) is 0 Å². The summed E-state index contributed by atoms with van der Waals surface area (Å²) in [6, 6.07) is 0. The lowest BCUT2D eigenvalue weighted by Gasteiger charge is -2.37. The minimum absolute atomic E-state index is 0.101. The first-order chi connectivity index (χ1) is 6.45. The van der Waals surface area contributed by atoms with E-state index in [9.17, 15) is 5.11 Å². The maximum absolute atomic E-state index is 10.3. The highest BCUT2D eigenvalue weighted by Crippen LogP contribution is 2.67. The summed E-state index contributed by atoms with van der Waals surface area (Å²) in [7, 11) is 1.80. The fourth-order valence-electron chi connectivity index (χ4n) is 3.77. The monoisotopic (exact) mass is 195 g/mol. The quantitative estimate of drug-likeness (QED) is 0.639. The van der Waals surface area contributed by atoms with E-state index >= 15 is 0 Å². The minimum atomic E-state index is -0.194. The molecule has 2 saturated carbocycles. The van der Waals surface area contributed by atoms with Crippen molar-refractivity contribution < 1.29 is 5.11 Å². The molecular weight excluding hydrogens is 174 g/mol. The van der Waals surface area contributed by atoms with Gasteiger partial charge in [0.05, 0.1) is 6.10 Å². The Balaban J connectivity index is 2.38. The standard InChI is InChI=1S/C12H21NO/c1-11(2)9-5-6-12(11,3)10(14)8(9)7-13-4/h7-10,14H,5-6H2,1-4H3/t8-,9+,10-,12-/m0/s1. The van der Waals surface area contributed by atoms with Gasteiger partial charge in [0.25, 0.3) is 0 Å². The van der Waals surface area contributed by atoms with Crippen molar-refractivity contribution in [2.24, 2.45) is 27.7 Å². The molecule has 2 rings (SSSR count). The van der Waals surface area contributed by atoms with Crippen molar-refractivity contribution in [3.63, 3.8) is 0 Å². The number of hydrogen-bond donors (Lipinski definition) is 1. The van der Waals surface area contributed by atoms with E-state index in [1.54, 1.807) is 7.05 Å². The van der Waals surface area contributed by atoms with Gasteiger partial charge in [0.1, 0.15) is 0 Å². The van der Waals surface area contributed by atoms with Crippen molar-refractivity contribution >= 4 is 6.21 Å². The van der Waals surface area contributed by atoms with Gasteiger partial charge in [-0.25, -0.2) is 0 Å². The molecule has 2 aliphatic carbocycles. The van der Waals surface area contributed by atoms with Gasteiger partial charge in [-0.3, -0.25) is 0 Å². The van der Waals surface area contributed by atoms with Crippen molar-refractivity contribution in [1.29, 1.82) is 0 Å². The van der Waals surface area contributed by atoms with Gasteiger partial charge in [-0.05, 0) is 29.6 Å². The molecule has 80 valence electrons. The second kappa shape index (κ2) is 2.82. The number of hydrogen-bond acceptors (Lipinski definition) is 2. The van der Waals surface area contributed by atoms with Crippen LogP contribution in [-0.4, -0.2) is 24.5 Å². The Morgan fingerprint density at radius 3 is 2.43 bits per heavy atom. The molecule has 0 aromatic carbocycles. The van der Waals surface area contributed by atoms with Crippen LogP contribution < -0.4 is 0 Å². The highest BCUT2D eigenvalue weighted by Gasteiger charge is 2.65. The Labute approximate surface area is 86.4 Å². The predicted molar refractivity (Wildman–Crippen MR) is 58.5 cm³/mol. The van der Waals surface area contributed by atoms with Crippen LogP contribution >= 0.6 is 0 Å². The SMILES string of the molecule is CN=C[C@H]1[C@H]2CC[C@@](C)([C@H]1O)C2(C)C. The number of fused-ring (bicyclic) bond motifs is 2. The zero-order valence-corrected chi connectivity index (χ0v) is 9.62. The Morgan fingerprint density at radius 2 is 2.00 bits per heavy atom. The fraction of sp³-hybridized carbons (Fsp3) is 0.917. The van der Waals surface area contributed by atoms with Crippen molar-refractivity contribution in [3.05, 3.63) is 0 Å². The lowest BCUT2D eigenvalue weighted by Crippen LogP contribution is -2.37. The molecule has 0 spiro atoms. The van der Waals surface area contributed by atoms with Gasteiger partial charge in [0.2, 0.25) is 0 Å². The van der Waals surface area contributed by atoms with Crippen LogP contribution in [0.2, 0.25) is 0 Å². The molecular formula is C12H21NO. The Kier molecular flexibility index (Phi) is 2.04. The van der Waals surface area contributed by atoms with E-state index in [2.05, 4.69) is 25.8 Å². The zero-order valence-electron chi connectivity index (χ0n) is 9.62. The predicted octanol–water partition coefficient (Wildman–Crippen LogP) is 2.12. The molecule has 14 heavy (non-hydrogen) atoms. The zero-order chi connectivity index (χ0) is 10.6. The van der Waals surface area contributed by atoms with Crippen LogP contribution in [0.15, 0.2) is 4.99 Å². The van der Waals surface area contributed by atoms with E-state index in [4.69, 9.17) is 0 Å². The molecule has 2 bridgehead atoms. The number of aliphatic hydroxyl groups is 1. The van der Waals surface area contributed by atoms with Crippen LogP contribution in [0, 0.1) is 22.7 Å². The van der Waals surface area contributed by atoms with Crippen molar-refractivity contribution in [3.8, 4) is 0 Å². The van der Waals surface area contributed by atoms with Gasteiger partial charge >= 0.3 is 0 Å². The Bertz CT molecular complexity index is 271. The minimum Gasteiger partial charge on any atom is -0.392 e.